The summed E-state index contributed by atoms with van der Waals surface area (Å²) in [6, 6.07) is 0. The van der Waals surface area contributed by atoms with E-state index in [0.29, 0.717) is 12.8 Å². The Morgan fingerprint density at radius 2 is 1.59 bits per heavy atom. The predicted molar refractivity (Wildman–Crippen MR) is 94.5 cm³/mol. The van der Waals surface area contributed by atoms with Crippen molar-refractivity contribution >= 4 is 23.9 Å². The molecule has 0 spiro atoms. The van der Waals surface area contributed by atoms with Crippen molar-refractivity contribution in [2.45, 2.75) is 32.6 Å². The van der Waals surface area contributed by atoms with Crippen LogP contribution >= 0.6 is 0 Å². The van der Waals surface area contributed by atoms with Gasteiger partial charge in [0.25, 0.3) is 0 Å². The number of esters is 3. The van der Waals surface area contributed by atoms with E-state index in [1.165, 1.54) is 6.92 Å². The molecule has 0 aromatic rings. The third kappa shape index (κ3) is 7.64. The molecule has 1 aliphatic carbocycles. The fourth-order valence-electron chi connectivity index (χ4n) is 2.74. The molecule has 0 aromatic heterocycles. The van der Waals surface area contributed by atoms with Crippen LogP contribution in [0, 0.1) is 17.8 Å². The van der Waals surface area contributed by atoms with E-state index in [0.717, 1.165) is 18.9 Å². The van der Waals surface area contributed by atoms with Crippen molar-refractivity contribution in [2.24, 2.45) is 17.8 Å². The van der Waals surface area contributed by atoms with Gasteiger partial charge in [-0.3, -0.25) is 9.59 Å². The molecular formula is C19H26O8. The topological polar surface area (TPSA) is 116 Å². The molecule has 0 radical (unpaired) electrons. The summed E-state index contributed by atoms with van der Waals surface area (Å²) in [7, 11) is 0. The molecule has 0 aliphatic heterocycles. The summed E-state index contributed by atoms with van der Waals surface area (Å²) >= 11 is 0. The van der Waals surface area contributed by atoms with Crippen molar-refractivity contribution < 1.29 is 38.5 Å². The van der Waals surface area contributed by atoms with Gasteiger partial charge >= 0.3 is 23.9 Å². The predicted octanol–water partition coefficient (Wildman–Crippen LogP) is 1.89. The number of carbonyl (C=O) groups is 4. The van der Waals surface area contributed by atoms with E-state index >= 15 is 0 Å². The lowest BCUT2D eigenvalue weighted by atomic mass is 9.79. The van der Waals surface area contributed by atoms with Crippen LogP contribution in [-0.2, 0) is 33.4 Å². The fraction of sp³-hybridized carbons (Fsp3) is 0.579. The molecule has 1 N–H and O–H groups in total. The summed E-state index contributed by atoms with van der Waals surface area (Å²) in [4.78, 5) is 46.4. The third-order valence-electron chi connectivity index (χ3n) is 4.27. The van der Waals surface area contributed by atoms with Crippen LogP contribution in [0.5, 0.6) is 0 Å². The van der Waals surface area contributed by atoms with E-state index in [9.17, 15) is 24.3 Å². The smallest absolute Gasteiger partial charge is 0.333 e. The highest BCUT2D eigenvalue weighted by Gasteiger charge is 2.37. The molecule has 3 unspecified atom stereocenters. The second-order valence-corrected chi connectivity index (χ2v) is 6.54. The molecule has 1 rings (SSSR count). The lowest BCUT2D eigenvalue weighted by Gasteiger charge is -2.27. The zero-order valence-corrected chi connectivity index (χ0v) is 15.5. The van der Waals surface area contributed by atoms with E-state index in [-0.39, 0.29) is 25.4 Å². The Morgan fingerprint density at radius 3 is 2.15 bits per heavy atom. The zero-order valence-electron chi connectivity index (χ0n) is 15.5. The van der Waals surface area contributed by atoms with Gasteiger partial charge in [-0.05, 0) is 19.8 Å². The maximum atomic E-state index is 12.3. The lowest BCUT2D eigenvalue weighted by molar-refractivity contribution is -0.162. The minimum absolute atomic E-state index is 0.142. The summed E-state index contributed by atoms with van der Waals surface area (Å²) in [5, 5.41) is 9.26. The third-order valence-corrected chi connectivity index (χ3v) is 4.27. The van der Waals surface area contributed by atoms with Crippen LogP contribution in [0.4, 0.5) is 0 Å². The van der Waals surface area contributed by atoms with E-state index in [1.54, 1.807) is 0 Å². The normalized spacial score (nSPS) is 20.0. The number of carboxylic acid groups (broad SMARTS) is 1. The van der Waals surface area contributed by atoms with Gasteiger partial charge in [0, 0.05) is 11.6 Å². The maximum absolute atomic E-state index is 12.3. The molecule has 1 aliphatic rings. The average molecular weight is 382 g/mol. The van der Waals surface area contributed by atoms with Crippen molar-refractivity contribution in [3.8, 4) is 0 Å². The molecule has 1 fully saturated rings. The number of aliphatic carboxylic acids is 1. The van der Waals surface area contributed by atoms with Gasteiger partial charge in [-0.15, -0.1) is 0 Å². The van der Waals surface area contributed by atoms with Gasteiger partial charge in [0.05, 0.1) is 17.8 Å². The van der Waals surface area contributed by atoms with Gasteiger partial charge in [-0.2, -0.15) is 0 Å². The first-order valence-corrected chi connectivity index (χ1v) is 8.77. The highest BCUT2D eigenvalue weighted by molar-refractivity contribution is 5.87. The van der Waals surface area contributed by atoms with Crippen LogP contribution in [0.2, 0.25) is 0 Å². The van der Waals surface area contributed by atoms with Crippen molar-refractivity contribution in [1.29, 1.82) is 0 Å². The number of hydrogen-bond acceptors (Lipinski definition) is 7. The lowest BCUT2D eigenvalue weighted by Crippen LogP contribution is -2.35. The second kappa shape index (κ2) is 11.2. The Bertz CT molecular complexity index is 595. The molecule has 8 heteroatoms. The van der Waals surface area contributed by atoms with Gasteiger partial charge in [0.2, 0.25) is 0 Å². The largest absolute Gasteiger partial charge is 0.481 e. The van der Waals surface area contributed by atoms with Gasteiger partial charge in [0.15, 0.2) is 0 Å². The number of carbonyl (C=O) groups excluding carboxylic acids is 3. The summed E-state index contributed by atoms with van der Waals surface area (Å²) in [5.41, 5.74) is 0.209. The molecule has 0 saturated heterocycles. The van der Waals surface area contributed by atoms with Gasteiger partial charge in [-0.1, -0.05) is 26.0 Å². The Morgan fingerprint density at radius 1 is 1.04 bits per heavy atom. The van der Waals surface area contributed by atoms with Gasteiger partial charge < -0.3 is 19.3 Å². The molecule has 0 bridgehead atoms. The molecular weight excluding hydrogens is 356 g/mol. The molecule has 0 heterocycles. The molecule has 0 aromatic carbocycles. The monoisotopic (exact) mass is 382 g/mol. The Balaban J connectivity index is 2.63. The summed E-state index contributed by atoms with van der Waals surface area (Å²) in [5.74, 6) is -4.93. The Hall–Kier alpha value is -2.64. The van der Waals surface area contributed by atoms with Crippen LogP contribution < -0.4 is 0 Å². The van der Waals surface area contributed by atoms with Crippen molar-refractivity contribution in [2.75, 3.05) is 19.8 Å². The second-order valence-electron chi connectivity index (χ2n) is 6.54. The van der Waals surface area contributed by atoms with E-state index in [1.807, 2.05) is 0 Å². The molecule has 8 nitrogen and oxygen atoms in total. The van der Waals surface area contributed by atoms with Gasteiger partial charge in [0.1, 0.15) is 19.8 Å². The highest BCUT2D eigenvalue weighted by Crippen LogP contribution is 2.31. The zero-order chi connectivity index (χ0) is 20.4. The van der Waals surface area contributed by atoms with Crippen molar-refractivity contribution in [1.82, 2.24) is 0 Å². The minimum atomic E-state index is -1.01. The van der Waals surface area contributed by atoms with Crippen molar-refractivity contribution in [3.63, 3.8) is 0 Å². The van der Waals surface area contributed by atoms with Crippen molar-refractivity contribution in [3.05, 3.63) is 24.8 Å². The van der Waals surface area contributed by atoms with Crippen LogP contribution in [0.3, 0.4) is 0 Å². The first kappa shape index (κ1) is 22.4. The number of ether oxygens (including phenoxy) is 3. The van der Waals surface area contributed by atoms with Crippen LogP contribution in [0.15, 0.2) is 24.8 Å². The first-order chi connectivity index (χ1) is 12.8. The SMILES string of the molecule is C=CC(=O)OCC(COC(=O)C(=C)C)COC(=O)C1CCCCC1C(=O)O. The van der Waals surface area contributed by atoms with E-state index < -0.39 is 41.6 Å². The summed E-state index contributed by atoms with van der Waals surface area (Å²) in [6.07, 6.45) is 3.41. The molecule has 3 atom stereocenters. The molecule has 150 valence electrons. The highest BCUT2D eigenvalue weighted by atomic mass is 16.6. The quantitative estimate of drug-likeness (QED) is 0.346. The Labute approximate surface area is 158 Å². The molecule has 0 amide bonds. The number of carboxylic acids is 1. The summed E-state index contributed by atoms with van der Waals surface area (Å²) in [6.45, 7) is 7.78. The standard InChI is InChI=1S/C19H26O8/c1-4-16(20)25-9-13(10-26-18(23)12(2)3)11-27-19(24)15-8-6-5-7-14(15)17(21)22/h4,13-15H,1-2,5-11H2,3H3,(H,21,22). The molecule has 1 saturated carbocycles. The number of hydrogen-bond donors (Lipinski definition) is 1. The average Bonchev–Trinajstić information content (AvgIpc) is 2.66. The van der Waals surface area contributed by atoms with E-state index in [4.69, 9.17) is 14.2 Å². The van der Waals surface area contributed by atoms with Crippen LogP contribution in [-0.4, -0.2) is 48.8 Å². The maximum Gasteiger partial charge on any atom is 0.333 e. The first-order valence-electron chi connectivity index (χ1n) is 8.77. The number of rotatable bonds is 10. The van der Waals surface area contributed by atoms with Crippen LogP contribution in [0.1, 0.15) is 32.6 Å². The van der Waals surface area contributed by atoms with Crippen LogP contribution in [0.25, 0.3) is 0 Å². The minimum Gasteiger partial charge on any atom is -0.481 e. The Kier molecular flexibility index (Phi) is 9.25. The van der Waals surface area contributed by atoms with E-state index in [2.05, 4.69) is 13.2 Å². The fourth-order valence-corrected chi connectivity index (χ4v) is 2.74. The van der Waals surface area contributed by atoms with Gasteiger partial charge in [-0.25, -0.2) is 9.59 Å². The summed E-state index contributed by atoms with van der Waals surface area (Å²) < 4.78 is 15.2. The molecule has 27 heavy (non-hydrogen) atoms.